The van der Waals surface area contributed by atoms with Gasteiger partial charge in [-0.05, 0) is 240 Å². The molecule has 6 nitrogen and oxygen atoms in total. The van der Waals surface area contributed by atoms with Crippen LogP contribution in [0.5, 0.6) is 0 Å². The first-order valence-electron chi connectivity index (χ1n) is 49.9. The molecule has 600 valence electrons. The summed E-state index contributed by atoms with van der Waals surface area (Å²) in [6.07, 6.45) is 0. The summed E-state index contributed by atoms with van der Waals surface area (Å²) >= 11 is 0. The zero-order valence-electron chi connectivity index (χ0n) is 83.9. The van der Waals surface area contributed by atoms with Crippen LogP contribution in [-0.4, -0.2) is 25.0 Å². The molecule has 0 fully saturated rings. The van der Waals surface area contributed by atoms with Gasteiger partial charge in [-0.25, -0.2) is 0 Å². The maximum absolute atomic E-state index is 9.88. The fourth-order valence-corrected chi connectivity index (χ4v) is 20.2. The summed E-state index contributed by atoms with van der Waals surface area (Å²) in [5.41, 5.74) is 26.9. The summed E-state index contributed by atoms with van der Waals surface area (Å²) in [6, 6.07) is 109. The smallest absolute Gasteiger partial charge is 0.252 e. The Labute approximate surface area is 753 Å². The number of benzene rings is 18. The minimum atomic E-state index is -0.635. The second kappa shape index (κ2) is 28.7. The zero-order valence-corrected chi connectivity index (χ0v) is 70.9. The molecule has 6 heterocycles. The summed E-state index contributed by atoms with van der Waals surface area (Å²) in [6.45, 7) is 17.5. The van der Waals surface area contributed by atoms with E-state index in [1.165, 1.54) is 11.1 Å². The second-order valence-electron chi connectivity index (χ2n) is 36.1. The normalized spacial score (nSPS) is 14.2. The van der Waals surface area contributed by atoms with Crippen molar-refractivity contribution in [2.45, 2.75) is 72.1 Å². The molecule has 22 aromatic rings. The van der Waals surface area contributed by atoms with Gasteiger partial charge in [-0.1, -0.05) is 310 Å². The Hall–Kier alpha value is -15.2. The Morgan fingerprint density at radius 2 is 0.667 bits per heavy atom. The molecule has 0 spiro atoms. The molecule has 0 bridgehead atoms. The van der Waals surface area contributed by atoms with E-state index in [2.05, 4.69) is 358 Å². The van der Waals surface area contributed by atoms with Gasteiger partial charge in [0.25, 0.3) is 6.71 Å². The SMILES string of the molecule is [2H]c1c([2H])c([2H])c(-c2ccc3c(c2)N(c2cc(-c4ccccc4)cc(-c4ccccc4)c2)c2cc(-n4c5ccc(-n6c7ccccc7c7ccccc76)cc5c5cc(-n6c7c([2H])c([2H])c([2H])c([2H])c7c7c([2H])c([2H])c([2H])c([2H])c76)ccc54)cc4c2B3c2ccc(-n3c5ccc(C(C)C)cc5c5cc(C(C)(C)C)ccc53)cc2N4c2c(-c3ccccc3)cc(C(C)(C)C)cc2-c2ccccc2)c([2H])c1[2H]. The van der Waals surface area contributed by atoms with Crippen LogP contribution in [0, 0.1) is 0 Å². The van der Waals surface area contributed by atoms with Gasteiger partial charge in [0.15, 0.2) is 0 Å². The minimum absolute atomic E-state index is 0.0100. The Morgan fingerprint density at radius 1 is 0.254 bits per heavy atom. The lowest BCUT2D eigenvalue weighted by atomic mass is 9.33. The largest absolute Gasteiger partial charge is 0.311 e. The number of rotatable bonds is 12. The van der Waals surface area contributed by atoms with Gasteiger partial charge in [0.05, 0.1) is 73.3 Å². The number of hydrogen-bond acceptors (Lipinski definition) is 2. The predicted octanol–water partition coefficient (Wildman–Crippen LogP) is 30.2. The summed E-state index contributed by atoms with van der Waals surface area (Å²) in [4.78, 5) is 4.89. The van der Waals surface area contributed by atoms with E-state index in [4.69, 9.17) is 4.11 Å². The molecular formula is C119H91BN6. The van der Waals surface area contributed by atoms with E-state index in [0.29, 0.717) is 33.5 Å². The molecule has 0 radical (unpaired) electrons. The quantitative estimate of drug-likeness (QED) is 0.114. The topological polar surface area (TPSA) is 26.2 Å². The maximum Gasteiger partial charge on any atom is 0.252 e. The Bertz CT molecular complexity index is 8780. The van der Waals surface area contributed by atoms with E-state index >= 15 is 0 Å². The second-order valence-corrected chi connectivity index (χ2v) is 36.1. The molecule has 0 saturated carbocycles. The zero-order chi connectivity index (χ0) is 95.8. The van der Waals surface area contributed by atoms with Crippen molar-refractivity contribution in [3.63, 3.8) is 0 Å². The van der Waals surface area contributed by atoms with Crippen LogP contribution >= 0.6 is 0 Å². The van der Waals surface area contributed by atoms with Crippen molar-refractivity contribution in [2.24, 2.45) is 0 Å². The molecule has 126 heavy (non-hydrogen) atoms. The predicted molar refractivity (Wildman–Crippen MR) is 536 cm³/mol. The first-order valence-corrected chi connectivity index (χ1v) is 43.4. The number of para-hydroxylation sites is 4. The van der Waals surface area contributed by atoms with Crippen LogP contribution in [-0.2, 0) is 10.8 Å². The highest BCUT2D eigenvalue weighted by atomic mass is 15.2. The highest BCUT2D eigenvalue weighted by molar-refractivity contribution is 7.00. The molecule has 0 unspecified atom stereocenters. The van der Waals surface area contributed by atoms with Crippen LogP contribution in [0.2, 0.25) is 0 Å². The van der Waals surface area contributed by atoms with Gasteiger partial charge in [-0.15, -0.1) is 0 Å². The van der Waals surface area contributed by atoms with Crippen LogP contribution < -0.4 is 26.2 Å². The Balaban J connectivity index is 0.900. The van der Waals surface area contributed by atoms with E-state index in [-0.39, 0.29) is 56.2 Å². The molecule has 0 atom stereocenters. The van der Waals surface area contributed by atoms with Crippen LogP contribution in [0.1, 0.15) is 95.8 Å². The molecule has 2 aliphatic heterocycles. The number of hydrogen-bond donors (Lipinski definition) is 0. The number of aromatic nitrogens is 4. The summed E-state index contributed by atoms with van der Waals surface area (Å²) in [5, 5.41) is 5.77. The minimum Gasteiger partial charge on any atom is -0.311 e. The molecule has 18 aromatic carbocycles. The highest BCUT2D eigenvalue weighted by Crippen LogP contribution is 2.55. The molecule has 0 aliphatic carbocycles. The molecule has 4 aromatic heterocycles. The fraction of sp³-hybridized carbons (Fsp3) is 0.0924. The van der Waals surface area contributed by atoms with E-state index < -0.39 is 73.2 Å². The summed E-state index contributed by atoms with van der Waals surface area (Å²) in [5.74, 6) is 0.236. The first-order chi connectivity index (χ1) is 67.0. The van der Waals surface area contributed by atoms with Crippen molar-refractivity contribution < 1.29 is 17.8 Å². The fourth-order valence-electron chi connectivity index (χ4n) is 20.2. The van der Waals surface area contributed by atoms with Crippen molar-refractivity contribution in [3.05, 3.63) is 417 Å². The number of nitrogens with zero attached hydrogens (tertiary/aromatic N) is 6. The van der Waals surface area contributed by atoms with E-state index in [9.17, 15) is 13.7 Å². The van der Waals surface area contributed by atoms with Gasteiger partial charge < -0.3 is 28.1 Å². The Kier molecular flexibility index (Phi) is 14.1. The van der Waals surface area contributed by atoms with Gasteiger partial charge in [-0.2, -0.15) is 0 Å². The third-order valence-electron chi connectivity index (χ3n) is 26.3. The van der Waals surface area contributed by atoms with Gasteiger partial charge in [0.1, 0.15) is 0 Å². The van der Waals surface area contributed by atoms with E-state index in [0.717, 1.165) is 161 Å². The third-order valence-corrected chi connectivity index (χ3v) is 26.3. The van der Waals surface area contributed by atoms with Gasteiger partial charge >= 0.3 is 0 Å². The third kappa shape index (κ3) is 11.8. The lowest BCUT2D eigenvalue weighted by Crippen LogP contribution is -2.61. The average molecular weight is 1630 g/mol. The van der Waals surface area contributed by atoms with Crippen molar-refractivity contribution >= 4 is 144 Å². The van der Waals surface area contributed by atoms with Crippen LogP contribution in [0.15, 0.2) is 400 Å². The van der Waals surface area contributed by atoms with Gasteiger partial charge in [0, 0.05) is 99.7 Å². The molecule has 2 aliphatic rings. The van der Waals surface area contributed by atoms with E-state index in [1.807, 2.05) is 42.5 Å². The molecule has 24 rings (SSSR count). The molecule has 0 N–H and O–H groups in total. The van der Waals surface area contributed by atoms with Gasteiger partial charge in [0.2, 0.25) is 0 Å². The van der Waals surface area contributed by atoms with Crippen molar-refractivity contribution in [1.29, 1.82) is 0 Å². The lowest BCUT2D eigenvalue weighted by molar-refractivity contribution is 0.590. The standard InChI is InChI=1S/C119H91BN6/c1-75(2)81-51-58-108-98(65-81)99-67-85(118(3,4)5)52-59-109(99)123(108)89-53-57-103-113(72-89)126(117-96(79-38-20-12-21-39-79)68-86(119(6,7)8)69-97(117)80-40-22-13-23-41-80)115-74-91(73-114-116(115)120(103)102-56-50-82(76-32-14-9-15-33-76)66-112(102)125(114)90-63-83(77-34-16-10-17-35-77)62-84(64-90)78-36-18-11-19-37-78)124-110-60-54-87(121-104-46-28-24-42-92(104)93-43-25-29-47-105(93)121)70-100(110)101-71-88(55-61-111(101)124)122-106-48-30-26-44-94(106)95-45-27-31-49-107(95)122/h9-75H,1-8H3/i9D,14D,15D,24D,25D,28D,29D,32D,33D,42D,43D,46D,47D. The van der Waals surface area contributed by atoms with Crippen LogP contribution in [0.3, 0.4) is 0 Å². The average Bonchev–Trinajstić information content (AvgIpc) is 1.68. The lowest BCUT2D eigenvalue weighted by Gasteiger charge is -2.45. The molecule has 7 heteroatoms. The maximum atomic E-state index is 9.88. The van der Waals surface area contributed by atoms with E-state index in [1.54, 1.807) is 4.57 Å². The summed E-state index contributed by atoms with van der Waals surface area (Å²) < 4.78 is 132. The Morgan fingerprint density at radius 3 is 1.21 bits per heavy atom. The molecule has 0 amide bonds. The highest BCUT2D eigenvalue weighted by Gasteiger charge is 2.46. The van der Waals surface area contributed by atoms with Crippen LogP contribution in [0.4, 0.5) is 34.1 Å². The van der Waals surface area contributed by atoms with Crippen molar-refractivity contribution in [3.8, 4) is 78.4 Å². The first kappa shape index (κ1) is 62.0. The number of anilines is 6. The van der Waals surface area contributed by atoms with Crippen molar-refractivity contribution in [1.82, 2.24) is 18.3 Å². The number of fused-ring (bicyclic) bond motifs is 16. The van der Waals surface area contributed by atoms with Gasteiger partial charge in [-0.3, -0.25) is 0 Å². The van der Waals surface area contributed by atoms with Crippen molar-refractivity contribution in [2.75, 3.05) is 9.80 Å². The molecular weight excluding hydrogens is 1520 g/mol. The monoisotopic (exact) mass is 1630 g/mol. The van der Waals surface area contributed by atoms with Crippen LogP contribution in [0.25, 0.3) is 166 Å². The molecule has 0 saturated heterocycles. The summed E-state index contributed by atoms with van der Waals surface area (Å²) in [7, 11) is 0.